The zero-order chi connectivity index (χ0) is 21.9. The predicted molar refractivity (Wildman–Crippen MR) is 122 cm³/mol. The lowest BCUT2D eigenvalue weighted by atomic mass is 10.2. The number of esters is 1. The highest BCUT2D eigenvalue weighted by Crippen LogP contribution is 2.11. The van der Waals surface area contributed by atoms with Gasteiger partial charge in [0, 0.05) is 24.4 Å². The number of hydrogen-bond acceptors (Lipinski definition) is 6. The molecule has 0 amide bonds. The Hall–Kier alpha value is -2.44. The number of aromatic hydroxyl groups is 1. The summed E-state index contributed by atoms with van der Waals surface area (Å²) in [6.45, 7) is 13.2. The third-order valence-electron chi connectivity index (χ3n) is 3.50. The van der Waals surface area contributed by atoms with Gasteiger partial charge in [0.15, 0.2) is 0 Å². The van der Waals surface area contributed by atoms with E-state index in [1.54, 1.807) is 36.5 Å². The van der Waals surface area contributed by atoms with Crippen molar-refractivity contribution in [2.45, 2.75) is 47.1 Å². The van der Waals surface area contributed by atoms with Crippen LogP contribution < -0.4 is 5.32 Å². The van der Waals surface area contributed by atoms with E-state index in [0.29, 0.717) is 26.1 Å². The first-order valence-electron chi connectivity index (χ1n) is 9.87. The van der Waals surface area contributed by atoms with E-state index in [9.17, 15) is 4.79 Å². The molecule has 0 radical (unpaired) electrons. The number of aromatic nitrogens is 1. The first-order chi connectivity index (χ1) is 14.1. The molecule has 1 aromatic carbocycles. The summed E-state index contributed by atoms with van der Waals surface area (Å²) in [6.07, 6.45) is 7.09. The van der Waals surface area contributed by atoms with Crippen LogP contribution in [-0.4, -0.2) is 29.2 Å². The van der Waals surface area contributed by atoms with Crippen LogP contribution in [0, 0.1) is 6.92 Å². The van der Waals surface area contributed by atoms with E-state index in [0.717, 1.165) is 12.0 Å². The second-order valence-corrected chi connectivity index (χ2v) is 6.68. The molecule has 0 aliphatic heterocycles. The number of rotatable bonds is 9. The normalized spacial score (nSPS) is 9.79. The summed E-state index contributed by atoms with van der Waals surface area (Å²) in [7, 11) is 0. The Morgan fingerprint density at radius 3 is 2.55 bits per heavy atom. The predicted octanol–water partition coefficient (Wildman–Crippen LogP) is 5.20. The van der Waals surface area contributed by atoms with E-state index in [-0.39, 0.29) is 11.7 Å². The Labute approximate surface area is 179 Å². The Kier molecular flexibility index (Phi) is 16.2. The van der Waals surface area contributed by atoms with Crippen LogP contribution in [0.5, 0.6) is 5.75 Å². The van der Waals surface area contributed by atoms with Gasteiger partial charge >= 0.3 is 5.97 Å². The number of carbonyl (C=O) groups excluding carboxylic acids is 1. The van der Waals surface area contributed by atoms with Gasteiger partial charge in [0.1, 0.15) is 5.75 Å². The fourth-order valence-corrected chi connectivity index (χ4v) is 2.68. The maximum atomic E-state index is 11.0. The third kappa shape index (κ3) is 13.4. The molecule has 0 saturated heterocycles. The number of phenols is 1. The number of phenolic OH excluding ortho intramolecular Hbond substituents is 1. The Bertz CT molecular complexity index is 709. The number of thiazole rings is 1. The number of aryl methyl sites for hydroxylation is 1. The van der Waals surface area contributed by atoms with Crippen LogP contribution in [0.1, 0.15) is 43.3 Å². The highest BCUT2D eigenvalue weighted by Gasteiger charge is 2.00. The number of hydrogen-bond donors (Lipinski definition) is 2. The molecule has 29 heavy (non-hydrogen) atoms. The number of nitrogens with zero attached hydrogens (tertiary/aromatic N) is 1. The van der Waals surface area contributed by atoms with E-state index in [1.807, 2.05) is 37.6 Å². The molecule has 0 unspecified atom stereocenters. The molecule has 0 spiro atoms. The summed E-state index contributed by atoms with van der Waals surface area (Å²) >= 11 is 1.69. The van der Waals surface area contributed by atoms with Crippen LogP contribution in [0.25, 0.3) is 0 Å². The third-order valence-corrected chi connectivity index (χ3v) is 4.30. The number of benzene rings is 1. The van der Waals surface area contributed by atoms with E-state index in [1.165, 1.54) is 10.6 Å². The van der Waals surface area contributed by atoms with Gasteiger partial charge in [-0.3, -0.25) is 4.79 Å². The largest absolute Gasteiger partial charge is 0.508 e. The van der Waals surface area contributed by atoms with Crippen LogP contribution in [0.2, 0.25) is 0 Å². The average molecular weight is 419 g/mol. The van der Waals surface area contributed by atoms with E-state index in [4.69, 9.17) is 9.84 Å². The molecule has 0 saturated carbocycles. The van der Waals surface area contributed by atoms with Crippen molar-refractivity contribution in [2.24, 2.45) is 0 Å². The van der Waals surface area contributed by atoms with Gasteiger partial charge in [0.05, 0.1) is 24.2 Å². The second kappa shape index (κ2) is 17.6. The summed E-state index contributed by atoms with van der Waals surface area (Å²) in [4.78, 5) is 16.5. The van der Waals surface area contributed by atoms with Gasteiger partial charge in [-0.15, -0.1) is 11.3 Å². The number of nitrogens with one attached hydrogen (secondary N) is 1. The summed E-state index contributed by atoms with van der Waals surface area (Å²) in [5.41, 5.74) is 4.13. The fraction of sp³-hybridized carbons (Fsp3) is 0.391. The molecule has 0 aliphatic carbocycles. The van der Waals surface area contributed by atoms with Crippen LogP contribution in [0.3, 0.4) is 0 Å². The zero-order valence-electron chi connectivity index (χ0n) is 18.0. The van der Waals surface area contributed by atoms with Crippen molar-refractivity contribution in [1.82, 2.24) is 10.3 Å². The van der Waals surface area contributed by atoms with Gasteiger partial charge < -0.3 is 15.2 Å². The minimum Gasteiger partial charge on any atom is -0.508 e. The quantitative estimate of drug-likeness (QED) is 0.333. The highest BCUT2D eigenvalue weighted by molar-refractivity contribution is 7.09. The fourth-order valence-electron chi connectivity index (χ4n) is 2.07. The lowest BCUT2D eigenvalue weighted by Gasteiger charge is -2.05. The Morgan fingerprint density at radius 2 is 2.00 bits per heavy atom. The Balaban J connectivity index is 0.000000526. The Morgan fingerprint density at radius 1 is 1.31 bits per heavy atom. The molecule has 0 fully saturated rings. The summed E-state index contributed by atoms with van der Waals surface area (Å²) < 4.78 is 4.80. The molecule has 1 heterocycles. The van der Waals surface area contributed by atoms with Crippen molar-refractivity contribution in [3.8, 4) is 5.75 Å². The molecule has 0 atom stereocenters. The molecule has 5 nitrogen and oxygen atoms in total. The van der Waals surface area contributed by atoms with Crippen molar-refractivity contribution in [3.05, 3.63) is 70.7 Å². The van der Waals surface area contributed by atoms with E-state index in [2.05, 4.69) is 29.9 Å². The molecular weight excluding hydrogens is 384 g/mol. The van der Waals surface area contributed by atoms with Crippen LogP contribution in [0.4, 0.5) is 0 Å². The first kappa shape index (κ1) is 26.6. The van der Waals surface area contributed by atoms with Crippen molar-refractivity contribution < 1.29 is 14.6 Å². The summed E-state index contributed by atoms with van der Waals surface area (Å²) in [6, 6.07) is 6.96. The van der Waals surface area contributed by atoms with Gasteiger partial charge in [-0.05, 0) is 31.5 Å². The molecule has 1 aromatic heterocycles. The minimum absolute atomic E-state index is 0.180. The van der Waals surface area contributed by atoms with E-state index >= 15 is 0 Å². The molecule has 160 valence electrons. The van der Waals surface area contributed by atoms with Gasteiger partial charge in [0.25, 0.3) is 0 Å². The molecule has 2 N–H and O–H groups in total. The average Bonchev–Trinajstić information content (AvgIpc) is 3.14. The molecule has 6 heteroatoms. The zero-order valence-corrected chi connectivity index (χ0v) is 18.8. The monoisotopic (exact) mass is 418 g/mol. The van der Waals surface area contributed by atoms with Crippen LogP contribution in [-0.2, 0) is 22.5 Å². The number of carbonyl (C=O) groups is 1. The molecule has 2 rings (SSSR count). The first-order valence-corrected chi connectivity index (χ1v) is 10.8. The smallest absolute Gasteiger partial charge is 0.307 e. The van der Waals surface area contributed by atoms with Gasteiger partial charge in [-0.2, -0.15) is 0 Å². The van der Waals surface area contributed by atoms with Crippen LogP contribution in [0.15, 0.2) is 54.6 Å². The number of allylic oxidation sites excluding steroid dienone is 3. The van der Waals surface area contributed by atoms with Crippen molar-refractivity contribution >= 4 is 17.3 Å². The van der Waals surface area contributed by atoms with Gasteiger partial charge in [-0.1, -0.05) is 50.8 Å². The second-order valence-electron chi connectivity index (χ2n) is 5.62. The maximum Gasteiger partial charge on any atom is 0.307 e. The summed E-state index contributed by atoms with van der Waals surface area (Å²) in [5, 5.41) is 12.2. The van der Waals surface area contributed by atoms with Crippen molar-refractivity contribution in [1.29, 1.82) is 0 Å². The van der Waals surface area contributed by atoms with Gasteiger partial charge in [-0.25, -0.2) is 4.98 Å². The number of ether oxygens (including phenoxy) is 1. The maximum absolute atomic E-state index is 11.0. The standard InChI is InChI=1S/C12H17NO3.C9H11NS.C2H6/c1-2-16-12(15)7-8-13-9-10-3-5-11(14)6-4-10;1-3-4-5-6-9-8(2)11-7-10-9;1-2/h3-6,13-14H,2,7-9H2,1H3;3-5,7H,1,6H2,2H3;1-2H3/b;5-4-;. The topological polar surface area (TPSA) is 71.5 Å². The van der Waals surface area contributed by atoms with Gasteiger partial charge in [0.2, 0.25) is 0 Å². The summed E-state index contributed by atoms with van der Waals surface area (Å²) in [5.74, 6) is 0.0796. The lowest BCUT2D eigenvalue weighted by molar-refractivity contribution is -0.142. The molecule has 0 aliphatic rings. The SMILES string of the molecule is C=C/C=C\Cc1ncsc1C.CC.CCOC(=O)CCNCc1ccc(O)cc1. The van der Waals surface area contributed by atoms with Crippen molar-refractivity contribution in [2.75, 3.05) is 13.2 Å². The lowest BCUT2D eigenvalue weighted by Crippen LogP contribution is -2.18. The molecule has 0 bridgehead atoms. The molecular formula is C23H34N2O3S. The minimum atomic E-state index is -0.180. The molecule has 2 aromatic rings. The van der Waals surface area contributed by atoms with E-state index < -0.39 is 0 Å². The highest BCUT2D eigenvalue weighted by atomic mass is 32.1. The van der Waals surface area contributed by atoms with Crippen molar-refractivity contribution in [3.63, 3.8) is 0 Å². The van der Waals surface area contributed by atoms with Crippen LogP contribution >= 0.6 is 11.3 Å².